The zero-order valence-corrected chi connectivity index (χ0v) is 15.1. The van der Waals surface area contributed by atoms with E-state index >= 15 is 0 Å². The molecule has 0 aliphatic rings. The SMILES string of the molecule is Cc1ccc(NC(=O)CNC(=O)CNC(=O)Cc2ccccc2)c(Cl)c1. The molecule has 0 fully saturated rings. The zero-order chi connectivity index (χ0) is 18.9. The van der Waals surface area contributed by atoms with Gasteiger partial charge in [-0.05, 0) is 30.2 Å². The van der Waals surface area contributed by atoms with Crippen molar-refractivity contribution >= 4 is 35.0 Å². The van der Waals surface area contributed by atoms with E-state index in [1.165, 1.54) is 0 Å². The first-order valence-electron chi connectivity index (χ1n) is 8.07. The number of hydrogen-bond acceptors (Lipinski definition) is 3. The molecule has 0 heterocycles. The second-order valence-electron chi connectivity index (χ2n) is 5.75. The maximum Gasteiger partial charge on any atom is 0.243 e. The first-order chi connectivity index (χ1) is 12.4. The molecule has 7 heteroatoms. The molecule has 0 atom stereocenters. The number of anilines is 1. The van der Waals surface area contributed by atoms with Crippen molar-refractivity contribution in [3.8, 4) is 0 Å². The Morgan fingerprint density at radius 3 is 2.23 bits per heavy atom. The molecule has 0 unspecified atom stereocenters. The minimum atomic E-state index is -0.448. The lowest BCUT2D eigenvalue weighted by molar-refractivity contribution is -0.126. The maximum atomic E-state index is 11.9. The molecule has 26 heavy (non-hydrogen) atoms. The lowest BCUT2D eigenvalue weighted by Crippen LogP contribution is -2.40. The van der Waals surface area contributed by atoms with Gasteiger partial charge in [0.2, 0.25) is 17.7 Å². The fourth-order valence-corrected chi connectivity index (χ4v) is 2.46. The van der Waals surface area contributed by atoms with E-state index in [0.29, 0.717) is 10.7 Å². The molecule has 0 aliphatic heterocycles. The quantitative estimate of drug-likeness (QED) is 0.694. The van der Waals surface area contributed by atoms with Crippen LogP contribution in [0.1, 0.15) is 11.1 Å². The van der Waals surface area contributed by atoms with E-state index in [1.807, 2.05) is 43.3 Å². The topological polar surface area (TPSA) is 87.3 Å². The van der Waals surface area contributed by atoms with Crippen molar-refractivity contribution in [3.63, 3.8) is 0 Å². The normalized spacial score (nSPS) is 10.1. The van der Waals surface area contributed by atoms with Gasteiger partial charge >= 0.3 is 0 Å². The van der Waals surface area contributed by atoms with Crippen LogP contribution in [0, 0.1) is 6.92 Å². The van der Waals surface area contributed by atoms with Crippen LogP contribution in [-0.4, -0.2) is 30.8 Å². The molecule has 0 aliphatic carbocycles. The number of amides is 3. The number of carbonyl (C=O) groups excluding carboxylic acids is 3. The third-order valence-corrected chi connectivity index (χ3v) is 3.81. The summed E-state index contributed by atoms with van der Waals surface area (Å²) < 4.78 is 0. The monoisotopic (exact) mass is 373 g/mol. The summed E-state index contributed by atoms with van der Waals surface area (Å²) >= 11 is 6.04. The lowest BCUT2D eigenvalue weighted by atomic mass is 10.1. The molecule has 0 spiro atoms. The maximum absolute atomic E-state index is 11.9. The summed E-state index contributed by atoms with van der Waals surface area (Å²) in [7, 11) is 0. The predicted molar refractivity (Wildman–Crippen MR) is 101 cm³/mol. The van der Waals surface area contributed by atoms with Crippen LogP contribution in [0.25, 0.3) is 0 Å². The molecule has 2 aromatic rings. The highest BCUT2D eigenvalue weighted by atomic mass is 35.5. The third-order valence-electron chi connectivity index (χ3n) is 3.50. The smallest absolute Gasteiger partial charge is 0.243 e. The largest absolute Gasteiger partial charge is 0.347 e. The molecular weight excluding hydrogens is 354 g/mol. The molecule has 0 aromatic heterocycles. The van der Waals surface area contributed by atoms with Crippen LogP contribution in [0.2, 0.25) is 5.02 Å². The highest BCUT2D eigenvalue weighted by Gasteiger charge is 2.10. The second-order valence-corrected chi connectivity index (χ2v) is 6.15. The summed E-state index contributed by atoms with van der Waals surface area (Å²) in [5, 5.41) is 8.01. The Morgan fingerprint density at radius 2 is 1.54 bits per heavy atom. The Labute approximate surface area is 156 Å². The number of aryl methyl sites for hydroxylation is 1. The summed E-state index contributed by atoms with van der Waals surface area (Å²) in [6.07, 6.45) is 0.195. The molecule has 0 saturated carbocycles. The minimum Gasteiger partial charge on any atom is -0.347 e. The van der Waals surface area contributed by atoms with Gasteiger partial charge in [-0.2, -0.15) is 0 Å². The van der Waals surface area contributed by atoms with Gasteiger partial charge in [-0.15, -0.1) is 0 Å². The molecule has 0 bridgehead atoms. The number of benzene rings is 2. The van der Waals surface area contributed by atoms with Gasteiger partial charge in [0.05, 0.1) is 30.2 Å². The standard InChI is InChI=1S/C19H20ClN3O3/c1-13-7-8-16(15(20)9-13)23-19(26)12-22-18(25)11-21-17(24)10-14-5-3-2-4-6-14/h2-9H,10-12H2,1H3,(H,21,24)(H,22,25)(H,23,26). The molecule has 136 valence electrons. The Morgan fingerprint density at radius 1 is 0.885 bits per heavy atom. The number of halogens is 1. The number of carbonyl (C=O) groups is 3. The molecule has 2 aromatic carbocycles. The van der Waals surface area contributed by atoms with Crippen LogP contribution < -0.4 is 16.0 Å². The van der Waals surface area contributed by atoms with Gasteiger partial charge in [0, 0.05) is 0 Å². The molecule has 3 amide bonds. The van der Waals surface area contributed by atoms with E-state index in [4.69, 9.17) is 11.6 Å². The molecular formula is C19H20ClN3O3. The minimum absolute atomic E-state index is 0.190. The fraction of sp³-hybridized carbons (Fsp3) is 0.211. The summed E-state index contributed by atoms with van der Waals surface area (Å²) in [6.45, 7) is 1.49. The zero-order valence-electron chi connectivity index (χ0n) is 14.3. The van der Waals surface area contributed by atoms with E-state index < -0.39 is 11.8 Å². The first kappa shape index (κ1) is 19.5. The van der Waals surface area contributed by atoms with Gasteiger partial charge < -0.3 is 16.0 Å². The van der Waals surface area contributed by atoms with Gasteiger partial charge in [0.25, 0.3) is 0 Å². The van der Waals surface area contributed by atoms with Gasteiger partial charge in [-0.25, -0.2) is 0 Å². The fourth-order valence-electron chi connectivity index (χ4n) is 2.18. The van der Waals surface area contributed by atoms with Crippen molar-refractivity contribution in [2.24, 2.45) is 0 Å². The number of hydrogen-bond donors (Lipinski definition) is 3. The Bertz CT molecular complexity index is 794. The average molecular weight is 374 g/mol. The molecule has 0 saturated heterocycles. The average Bonchev–Trinajstić information content (AvgIpc) is 2.61. The van der Waals surface area contributed by atoms with E-state index in [2.05, 4.69) is 16.0 Å². The summed E-state index contributed by atoms with van der Waals surface area (Å²) in [4.78, 5) is 35.4. The van der Waals surface area contributed by atoms with E-state index in [1.54, 1.807) is 12.1 Å². The first-order valence-corrected chi connectivity index (χ1v) is 8.45. The second kappa shape index (κ2) is 9.58. The molecule has 6 nitrogen and oxygen atoms in total. The van der Waals surface area contributed by atoms with Crippen LogP contribution in [0.4, 0.5) is 5.69 Å². The van der Waals surface area contributed by atoms with Gasteiger partial charge in [-0.1, -0.05) is 48.0 Å². The Kier molecular flexibility index (Phi) is 7.17. The highest BCUT2D eigenvalue weighted by molar-refractivity contribution is 6.33. The van der Waals surface area contributed by atoms with Gasteiger partial charge in [0.15, 0.2) is 0 Å². The van der Waals surface area contributed by atoms with Crippen LogP contribution in [0.3, 0.4) is 0 Å². The van der Waals surface area contributed by atoms with Gasteiger partial charge in [0.1, 0.15) is 0 Å². The third kappa shape index (κ3) is 6.57. The Hall–Kier alpha value is -2.86. The summed E-state index contributed by atoms with van der Waals surface area (Å²) in [5.41, 5.74) is 2.32. The molecule has 3 N–H and O–H groups in total. The molecule has 0 radical (unpaired) electrons. The van der Waals surface area contributed by atoms with E-state index in [-0.39, 0.29) is 25.4 Å². The van der Waals surface area contributed by atoms with Crippen LogP contribution in [0.5, 0.6) is 0 Å². The lowest BCUT2D eigenvalue weighted by Gasteiger charge is -2.09. The predicted octanol–water partition coefficient (Wildman–Crippen LogP) is 2.06. The van der Waals surface area contributed by atoms with Crippen molar-refractivity contribution in [2.75, 3.05) is 18.4 Å². The van der Waals surface area contributed by atoms with Crippen LogP contribution in [-0.2, 0) is 20.8 Å². The summed E-state index contributed by atoms with van der Waals surface area (Å²) in [6, 6.07) is 14.5. The Balaban J connectivity index is 1.69. The highest BCUT2D eigenvalue weighted by Crippen LogP contribution is 2.22. The van der Waals surface area contributed by atoms with Crippen molar-refractivity contribution in [1.29, 1.82) is 0 Å². The molecule has 2 rings (SSSR count). The van der Waals surface area contributed by atoms with Crippen LogP contribution in [0.15, 0.2) is 48.5 Å². The van der Waals surface area contributed by atoms with Crippen LogP contribution >= 0.6 is 11.6 Å². The van der Waals surface area contributed by atoms with E-state index in [9.17, 15) is 14.4 Å². The van der Waals surface area contributed by atoms with Gasteiger partial charge in [-0.3, -0.25) is 14.4 Å². The van der Waals surface area contributed by atoms with Crippen molar-refractivity contribution in [2.45, 2.75) is 13.3 Å². The number of rotatable bonds is 7. The van der Waals surface area contributed by atoms with E-state index in [0.717, 1.165) is 11.1 Å². The summed E-state index contributed by atoms with van der Waals surface area (Å²) in [5.74, 6) is -1.11. The van der Waals surface area contributed by atoms with Crippen molar-refractivity contribution in [3.05, 3.63) is 64.7 Å². The van der Waals surface area contributed by atoms with Crippen molar-refractivity contribution in [1.82, 2.24) is 10.6 Å². The number of nitrogens with one attached hydrogen (secondary N) is 3. The van der Waals surface area contributed by atoms with Crippen molar-refractivity contribution < 1.29 is 14.4 Å².